The zero-order chi connectivity index (χ0) is 37.1. The quantitative estimate of drug-likeness (QED) is 0.0513. The highest BCUT2D eigenvalue weighted by molar-refractivity contribution is 5.76. The standard InChI is InChI=1S/C43H84N2O5/c1-7-12-16-20-22-26-31-39(29-24-18-14-9-3)42(47)49-37-35-45(41(46)33-28-34-44(6)11-5)36-38-50-43(48)40(30-25-19-15-10-4)32-27-23-21-17-13-8-2/h39-40H,7-38H2,1-6H3/p+1. The molecule has 0 aromatic heterocycles. The van der Waals surface area contributed by atoms with Crippen molar-refractivity contribution in [2.24, 2.45) is 11.8 Å². The number of ether oxygens (including phenoxy) is 2. The Morgan fingerprint density at radius 1 is 0.500 bits per heavy atom. The number of hydrogen-bond acceptors (Lipinski definition) is 5. The van der Waals surface area contributed by atoms with Gasteiger partial charge in [0, 0.05) is 12.8 Å². The van der Waals surface area contributed by atoms with E-state index in [1.807, 2.05) is 0 Å². The predicted molar refractivity (Wildman–Crippen MR) is 211 cm³/mol. The van der Waals surface area contributed by atoms with E-state index in [0.717, 1.165) is 83.7 Å². The number of nitrogens with zero attached hydrogens (tertiary/aromatic N) is 1. The molecule has 0 fully saturated rings. The summed E-state index contributed by atoms with van der Waals surface area (Å²) in [5, 5.41) is 0. The minimum atomic E-state index is -0.109. The van der Waals surface area contributed by atoms with Crippen LogP contribution in [0.5, 0.6) is 0 Å². The summed E-state index contributed by atoms with van der Waals surface area (Å²) >= 11 is 0. The van der Waals surface area contributed by atoms with Crippen LogP contribution >= 0.6 is 0 Å². The van der Waals surface area contributed by atoms with Crippen molar-refractivity contribution in [1.29, 1.82) is 0 Å². The number of carbonyl (C=O) groups is 3. The third-order valence-corrected chi connectivity index (χ3v) is 10.5. The lowest BCUT2D eigenvalue weighted by Gasteiger charge is -2.24. The van der Waals surface area contributed by atoms with Gasteiger partial charge in [-0.25, -0.2) is 0 Å². The fraction of sp³-hybridized carbons (Fsp3) is 0.930. The molecule has 0 spiro atoms. The van der Waals surface area contributed by atoms with Crippen molar-refractivity contribution < 1.29 is 28.8 Å². The Balaban J connectivity index is 5.22. The molecule has 0 aromatic carbocycles. The van der Waals surface area contributed by atoms with Crippen LogP contribution in [-0.4, -0.2) is 69.2 Å². The molecule has 0 aliphatic heterocycles. The molecule has 7 heteroatoms. The average Bonchev–Trinajstić information content (AvgIpc) is 3.11. The van der Waals surface area contributed by atoms with Gasteiger partial charge in [0.1, 0.15) is 13.2 Å². The van der Waals surface area contributed by atoms with Crippen molar-refractivity contribution in [3.05, 3.63) is 0 Å². The number of carbonyl (C=O) groups excluding carboxylic acids is 3. The smallest absolute Gasteiger partial charge is 0.308 e. The van der Waals surface area contributed by atoms with Crippen LogP contribution in [-0.2, 0) is 23.9 Å². The Morgan fingerprint density at radius 3 is 1.20 bits per heavy atom. The van der Waals surface area contributed by atoms with Crippen LogP contribution in [0.15, 0.2) is 0 Å². The van der Waals surface area contributed by atoms with E-state index in [2.05, 4.69) is 41.7 Å². The molecule has 0 aliphatic rings. The van der Waals surface area contributed by atoms with Gasteiger partial charge >= 0.3 is 11.9 Å². The molecular weight excluding hydrogens is 624 g/mol. The van der Waals surface area contributed by atoms with E-state index < -0.39 is 0 Å². The van der Waals surface area contributed by atoms with Crippen molar-refractivity contribution in [2.75, 3.05) is 46.4 Å². The van der Waals surface area contributed by atoms with Crippen LogP contribution in [0.1, 0.15) is 202 Å². The van der Waals surface area contributed by atoms with Crippen LogP contribution in [0, 0.1) is 11.8 Å². The van der Waals surface area contributed by atoms with Gasteiger partial charge in [0.05, 0.1) is 45.1 Å². The highest BCUT2D eigenvalue weighted by atomic mass is 16.5. The first-order valence-electron chi connectivity index (χ1n) is 21.8. The molecule has 3 unspecified atom stereocenters. The minimum absolute atomic E-state index is 0.0485. The maximum Gasteiger partial charge on any atom is 0.308 e. The zero-order valence-corrected chi connectivity index (χ0v) is 34.3. The topological polar surface area (TPSA) is 77.3 Å². The van der Waals surface area contributed by atoms with Gasteiger partial charge in [-0.15, -0.1) is 0 Å². The van der Waals surface area contributed by atoms with Crippen LogP contribution < -0.4 is 4.90 Å². The Labute approximate surface area is 310 Å². The molecule has 0 radical (unpaired) electrons. The normalized spacial score (nSPS) is 13.2. The van der Waals surface area contributed by atoms with Gasteiger partial charge in [-0.1, -0.05) is 156 Å². The van der Waals surface area contributed by atoms with Gasteiger partial charge in [0.15, 0.2) is 0 Å². The Kier molecular flexibility index (Phi) is 34.6. The van der Waals surface area contributed by atoms with Gasteiger partial charge in [-0.2, -0.15) is 0 Å². The van der Waals surface area contributed by atoms with Gasteiger partial charge in [0.25, 0.3) is 0 Å². The van der Waals surface area contributed by atoms with E-state index in [9.17, 15) is 14.4 Å². The molecule has 3 atom stereocenters. The third kappa shape index (κ3) is 28.0. The SMILES string of the molecule is CCCCCCCCC(CCCCCC)C(=O)OCCN(CCOC(=O)C(CCCCCC)CCCCCCCC)C(=O)CCC[NH+](C)CC. The number of esters is 2. The van der Waals surface area contributed by atoms with Gasteiger partial charge in [0.2, 0.25) is 5.91 Å². The van der Waals surface area contributed by atoms with E-state index in [4.69, 9.17) is 9.47 Å². The van der Waals surface area contributed by atoms with Crippen LogP contribution in [0.4, 0.5) is 0 Å². The van der Waals surface area contributed by atoms with Crippen molar-refractivity contribution in [3.8, 4) is 0 Å². The van der Waals surface area contributed by atoms with E-state index in [-0.39, 0.29) is 42.9 Å². The first-order chi connectivity index (χ1) is 24.3. The number of amides is 1. The zero-order valence-electron chi connectivity index (χ0n) is 34.3. The summed E-state index contributed by atoms with van der Waals surface area (Å²) in [7, 11) is 2.15. The summed E-state index contributed by atoms with van der Waals surface area (Å²) in [5.41, 5.74) is 0. The summed E-state index contributed by atoms with van der Waals surface area (Å²) in [4.78, 5) is 43.1. The molecule has 50 heavy (non-hydrogen) atoms. The van der Waals surface area contributed by atoms with Crippen molar-refractivity contribution in [3.63, 3.8) is 0 Å². The Hall–Kier alpha value is -1.63. The summed E-state index contributed by atoms with van der Waals surface area (Å²) in [6.07, 6.45) is 28.6. The second kappa shape index (κ2) is 35.8. The molecule has 1 amide bonds. The molecular formula is C43H85N2O5+. The summed E-state index contributed by atoms with van der Waals surface area (Å²) in [5.74, 6) is -0.286. The van der Waals surface area contributed by atoms with Crippen LogP contribution in [0.25, 0.3) is 0 Å². The minimum Gasteiger partial charge on any atom is -0.464 e. The van der Waals surface area contributed by atoms with Crippen LogP contribution in [0.3, 0.4) is 0 Å². The average molecular weight is 710 g/mol. The Morgan fingerprint density at radius 2 is 0.840 bits per heavy atom. The Bertz CT molecular complexity index is 741. The van der Waals surface area contributed by atoms with E-state index in [0.29, 0.717) is 19.5 Å². The van der Waals surface area contributed by atoms with E-state index >= 15 is 0 Å². The second-order valence-corrected chi connectivity index (χ2v) is 15.1. The number of quaternary nitrogens is 1. The van der Waals surface area contributed by atoms with Crippen molar-refractivity contribution in [2.45, 2.75) is 202 Å². The molecule has 0 bridgehead atoms. The van der Waals surface area contributed by atoms with Gasteiger partial charge < -0.3 is 19.3 Å². The van der Waals surface area contributed by atoms with Gasteiger partial charge in [-0.05, 0) is 32.6 Å². The summed E-state index contributed by atoms with van der Waals surface area (Å²) in [6, 6.07) is 0. The monoisotopic (exact) mass is 710 g/mol. The lowest BCUT2D eigenvalue weighted by Crippen LogP contribution is -3.08. The highest BCUT2D eigenvalue weighted by Crippen LogP contribution is 2.22. The van der Waals surface area contributed by atoms with Crippen LogP contribution in [0.2, 0.25) is 0 Å². The molecule has 0 aromatic rings. The molecule has 0 rings (SSSR count). The fourth-order valence-corrected chi connectivity index (χ4v) is 6.72. The molecule has 0 saturated carbocycles. The molecule has 7 nitrogen and oxygen atoms in total. The largest absolute Gasteiger partial charge is 0.464 e. The predicted octanol–water partition coefficient (Wildman–Crippen LogP) is 9.89. The molecule has 0 saturated heterocycles. The van der Waals surface area contributed by atoms with E-state index in [1.165, 1.54) is 94.8 Å². The number of hydrogen-bond donors (Lipinski definition) is 1. The fourth-order valence-electron chi connectivity index (χ4n) is 6.72. The lowest BCUT2D eigenvalue weighted by atomic mass is 9.94. The first-order valence-corrected chi connectivity index (χ1v) is 21.8. The maximum absolute atomic E-state index is 13.4. The lowest BCUT2D eigenvalue weighted by molar-refractivity contribution is -0.877. The third-order valence-electron chi connectivity index (χ3n) is 10.5. The number of unbranched alkanes of at least 4 members (excludes halogenated alkanes) is 16. The van der Waals surface area contributed by atoms with Crippen molar-refractivity contribution >= 4 is 17.8 Å². The summed E-state index contributed by atoms with van der Waals surface area (Å²) < 4.78 is 11.7. The number of nitrogens with one attached hydrogen (secondary N) is 1. The van der Waals surface area contributed by atoms with Crippen molar-refractivity contribution in [1.82, 2.24) is 4.90 Å². The van der Waals surface area contributed by atoms with Gasteiger partial charge in [-0.3, -0.25) is 14.4 Å². The maximum atomic E-state index is 13.4. The molecule has 0 aliphatic carbocycles. The summed E-state index contributed by atoms with van der Waals surface area (Å²) in [6.45, 7) is 14.1. The molecule has 1 N–H and O–H groups in total. The second-order valence-electron chi connectivity index (χ2n) is 15.1. The highest BCUT2D eigenvalue weighted by Gasteiger charge is 2.23. The molecule has 296 valence electrons. The van der Waals surface area contributed by atoms with E-state index in [1.54, 1.807) is 4.90 Å². The number of rotatable bonds is 37. The first kappa shape index (κ1) is 48.4. The molecule has 0 heterocycles.